The van der Waals surface area contributed by atoms with Crippen LogP contribution in [0.3, 0.4) is 0 Å². The van der Waals surface area contributed by atoms with E-state index in [-0.39, 0.29) is 5.91 Å². The van der Waals surface area contributed by atoms with Crippen LogP contribution in [0.4, 0.5) is 5.13 Å². The van der Waals surface area contributed by atoms with Gasteiger partial charge >= 0.3 is 0 Å². The number of rotatable bonds is 4. The Kier molecular flexibility index (Phi) is 4.56. The molecule has 0 fully saturated rings. The van der Waals surface area contributed by atoms with Crippen LogP contribution in [0.25, 0.3) is 0 Å². The molecule has 2 rings (SSSR count). The molecule has 5 heteroatoms. The van der Waals surface area contributed by atoms with E-state index in [1.54, 1.807) is 12.1 Å². The third kappa shape index (κ3) is 4.04. The number of thiazole rings is 1. The second-order valence-electron chi connectivity index (χ2n) is 4.58. The van der Waals surface area contributed by atoms with E-state index in [9.17, 15) is 4.79 Å². The van der Waals surface area contributed by atoms with E-state index in [1.807, 2.05) is 17.5 Å². The topological polar surface area (TPSA) is 42.0 Å². The molecule has 0 saturated heterocycles. The fraction of sp³-hybridized carbons (Fsp3) is 0.286. The Balaban J connectivity index is 1.95. The molecule has 0 unspecified atom stereocenters. The lowest BCUT2D eigenvalue weighted by molar-refractivity contribution is -0.115. The summed E-state index contributed by atoms with van der Waals surface area (Å²) >= 11 is 7.26. The van der Waals surface area contributed by atoms with E-state index in [0.29, 0.717) is 22.5 Å². The Bertz CT molecular complexity index is 563. The number of carbonyl (C=O) groups is 1. The average molecular weight is 295 g/mol. The van der Waals surface area contributed by atoms with Crippen LogP contribution in [-0.4, -0.2) is 10.9 Å². The molecular weight excluding hydrogens is 280 g/mol. The van der Waals surface area contributed by atoms with Gasteiger partial charge in [-0.1, -0.05) is 37.6 Å². The highest BCUT2D eigenvalue weighted by Gasteiger charge is 2.09. The van der Waals surface area contributed by atoms with Crippen LogP contribution in [-0.2, 0) is 11.2 Å². The molecule has 0 saturated carbocycles. The largest absolute Gasteiger partial charge is 0.302 e. The van der Waals surface area contributed by atoms with E-state index >= 15 is 0 Å². The van der Waals surface area contributed by atoms with Gasteiger partial charge in [0.2, 0.25) is 5.91 Å². The summed E-state index contributed by atoms with van der Waals surface area (Å²) in [5, 5.41) is 6.12. The van der Waals surface area contributed by atoms with E-state index in [4.69, 9.17) is 11.6 Å². The SMILES string of the molecule is CC(C)c1csc(NC(=O)Cc2ccc(Cl)cc2)n1. The molecule has 0 aliphatic carbocycles. The summed E-state index contributed by atoms with van der Waals surface area (Å²) in [6, 6.07) is 7.27. The molecule has 100 valence electrons. The third-order valence-electron chi connectivity index (χ3n) is 2.64. The maximum Gasteiger partial charge on any atom is 0.230 e. The third-order valence-corrected chi connectivity index (χ3v) is 3.67. The Hall–Kier alpha value is -1.39. The zero-order chi connectivity index (χ0) is 13.8. The summed E-state index contributed by atoms with van der Waals surface area (Å²) in [4.78, 5) is 16.2. The number of benzene rings is 1. The van der Waals surface area contributed by atoms with Crippen molar-refractivity contribution in [1.29, 1.82) is 0 Å². The maximum atomic E-state index is 11.9. The Labute approximate surface area is 121 Å². The molecule has 0 atom stereocenters. The summed E-state index contributed by atoms with van der Waals surface area (Å²) < 4.78 is 0. The summed E-state index contributed by atoms with van der Waals surface area (Å²) in [5.74, 6) is 0.310. The Morgan fingerprint density at radius 2 is 2.05 bits per heavy atom. The number of aromatic nitrogens is 1. The van der Waals surface area contributed by atoms with Crippen LogP contribution >= 0.6 is 22.9 Å². The van der Waals surface area contributed by atoms with Gasteiger partial charge in [-0.25, -0.2) is 4.98 Å². The van der Waals surface area contributed by atoms with E-state index in [1.165, 1.54) is 11.3 Å². The van der Waals surface area contributed by atoms with Gasteiger partial charge in [0.15, 0.2) is 5.13 Å². The maximum absolute atomic E-state index is 11.9. The molecule has 1 N–H and O–H groups in total. The number of halogens is 1. The molecule has 0 spiro atoms. The van der Waals surface area contributed by atoms with Gasteiger partial charge in [-0.3, -0.25) is 4.79 Å². The number of hydrogen-bond donors (Lipinski definition) is 1. The highest BCUT2D eigenvalue weighted by Crippen LogP contribution is 2.21. The lowest BCUT2D eigenvalue weighted by atomic mass is 10.1. The van der Waals surface area contributed by atoms with Gasteiger partial charge < -0.3 is 5.32 Å². The first kappa shape index (κ1) is 14.0. The van der Waals surface area contributed by atoms with Gasteiger partial charge in [-0.15, -0.1) is 11.3 Å². The molecule has 0 aliphatic rings. The predicted molar refractivity (Wildman–Crippen MR) is 80.0 cm³/mol. The molecule has 3 nitrogen and oxygen atoms in total. The van der Waals surface area contributed by atoms with Gasteiger partial charge in [0.1, 0.15) is 0 Å². The molecule has 1 aromatic carbocycles. The Morgan fingerprint density at radius 3 is 2.63 bits per heavy atom. The van der Waals surface area contributed by atoms with Crippen molar-refractivity contribution in [3.05, 3.63) is 45.9 Å². The van der Waals surface area contributed by atoms with Gasteiger partial charge in [0, 0.05) is 10.4 Å². The minimum absolute atomic E-state index is 0.0630. The molecule has 1 aromatic heterocycles. The van der Waals surface area contributed by atoms with Crippen molar-refractivity contribution in [3.63, 3.8) is 0 Å². The van der Waals surface area contributed by atoms with Crippen molar-refractivity contribution in [2.75, 3.05) is 5.32 Å². The minimum atomic E-state index is -0.0630. The predicted octanol–water partition coefficient (Wildman–Crippen LogP) is 4.10. The molecule has 0 radical (unpaired) electrons. The lowest BCUT2D eigenvalue weighted by Gasteiger charge is -2.02. The fourth-order valence-electron chi connectivity index (χ4n) is 1.56. The second kappa shape index (κ2) is 6.17. The van der Waals surface area contributed by atoms with Crippen molar-refractivity contribution >= 4 is 34.0 Å². The Morgan fingerprint density at radius 1 is 1.37 bits per heavy atom. The number of nitrogens with one attached hydrogen (secondary N) is 1. The molecule has 1 heterocycles. The van der Waals surface area contributed by atoms with Crippen molar-refractivity contribution in [2.45, 2.75) is 26.2 Å². The van der Waals surface area contributed by atoms with Crippen molar-refractivity contribution in [1.82, 2.24) is 4.98 Å². The highest BCUT2D eigenvalue weighted by atomic mass is 35.5. The molecule has 0 bridgehead atoms. The van der Waals surface area contributed by atoms with Crippen LogP contribution < -0.4 is 5.32 Å². The van der Waals surface area contributed by atoms with Gasteiger partial charge in [-0.05, 0) is 23.6 Å². The van der Waals surface area contributed by atoms with Crippen molar-refractivity contribution < 1.29 is 4.79 Å². The minimum Gasteiger partial charge on any atom is -0.302 e. The summed E-state index contributed by atoms with van der Waals surface area (Å²) in [5.41, 5.74) is 1.94. The monoisotopic (exact) mass is 294 g/mol. The first-order valence-corrected chi connectivity index (χ1v) is 7.30. The number of hydrogen-bond acceptors (Lipinski definition) is 3. The zero-order valence-electron chi connectivity index (χ0n) is 10.8. The van der Waals surface area contributed by atoms with Crippen LogP contribution in [0.5, 0.6) is 0 Å². The van der Waals surface area contributed by atoms with Gasteiger partial charge in [0.25, 0.3) is 0 Å². The first-order valence-electron chi connectivity index (χ1n) is 6.04. The second-order valence-corrected chi connectivity index (χ2v) is 5.88. The quantitative estimate of drug-likeness (QED) is 0.922. The fourth-order valence-corrected chi connectivity index (χ4v) is 2.57. The zero-order valence-corrected chi connectivity index (χ0v) is 12.4. The van der Waals surface area contributed by atoms with E-state index in [2.05, 4.69) is 24.1 Å². The number of amides is 1. The number of nitrogens with zero attached hydrogens (tertiary/aromatic N) is 1. The van der Waals surface area contributed by atoms with Crippen LogP contribution in [0.15, 0.2) is 29.6 Å². The smallest absolute Gasteiger partial charge is 0.230 e. The normalized spacial score (nSPS) is 10.7. The highest BCUT2D eigenvalue weighted by molar-refractivity contribution is 7.13. The van der Waals surface area contributed by atoms with Crippen molar-refractivity contribution in [2.24, 2.45) is 0 Å². The molecular formula is C14H15ClN2OS. The standard InChI is InChI=1S/C14H15ClN2OS/c1-9(2)12-8-19-14(16-12)17-13(18)7-10-3-5-11(15)6-4-10/h3-6,8-9H,7H2,1-2H3,(H,16,17,18). The van der Waals surface area contributed by atoms with Crippen LogP contribution in [0.2, 0.25) is 5.02 Å². The van der Waals surface area contributed by atoms with Gasteiger partial charge in [-0.2, -0.15) is 0 Å². The molecule has 1 amide bonds. The molecule has 19 heavy (non-hydrogen) atoms. The van der Waals surface area contributed by atoms with Crippen LogP contribution in [0.1, 0.15) is 31.0 Å². The number of carbonyl (C=O) groups excluding carboxylic acids is 1. The average Bonchev–Trinajstić information content (AvgIpc) is 2.80. The summed E-state index contributed by atoms with van der Waals surface area (Å²) in [6.45, 7) is 4.16. The van der Waals surface area contributed by atoms with E-state index in [0.717, 1.165) is 11.3 Å². The van der Waals surface area contributed by atoms with Crippen molar-refractivity contribution in [3.8, 4) is 0 Å². The van der Waals surface area contributed by atoms with E-state index < -0.39 is 0 Å². The summed E-state index contributed by atoms with van der Waals surface area (Å²) in [6.07, 6.45) is 0.327. The van der Waals surface area contributed by atoms with Gasteiger partial charge in [0.05, 0.1) is 12.1 Å². The van der Waals surface area contributed by atoms with Crippen LogP contribution in [0, 0.1) is 0 Å². The lowest BCUT2D eigenvalue weighted by Crippen LogP contribution is -2.14. The number of anilines is 1. The summed E-state index contributed by atoms with van der Waals surface area (Å²) in [7, 11) is 0. The molecule has 2 aromatic rings. The molecule has 0 aliphatic heterocycles. The first-order chi connectivity index (χ1) is 9.04.